The van der Waals surface area contributed by atoms with Gasteiger partial charge < -0.3 is 10.6 Å². The number of halogens is 4. The highest BCUT2D eigenvalue weighted by atomic mass is 35.5. The van der Waals surface area contributed by atoms with Gasteiger partial charge in [0.15, 0.2) is 0 Å². The number of hydrogen-bond acceptors (Lipinski definition) is 6. The lowest BCUT2D eigenvalue weighted by Gasteiger charge is -2.34. The van der Waals surface area contributed by atoms with Crippen LogP contribution in [-0.4, -0.2) is 23.1 Å². The average molecular weight is 497 g/mol. The van der Waals surface area contributed by atoms with E-state index in [4.69, 9.17) is 22.6 Å². The third-order valence-corrected chi connectivity index (χ3v) is 6.32. The van der Waals surface area contributed by atoms with Crippen LogP contribution in [0.1, 0.15) is 35.2 Å². The molecule has 1 aliphatic heterocycles. The van der Waals surface area contributed by atoms with Crippen molar-refractivity contribution in [1.82, 2.24) is 9.97 Å². The number of hydrogen-bond donors (Lipinski definition) is 1. The first-order valence-corrected chi connectivity index (χ1v) is 11.3. The first kappa shape index (κ1) is 24.3. The van der Waals surface area contributed by atoms with Gasteiger partial charge in [0.2, 0.25) is 0 Å². The molecule has 3 heterocycles. The summed E-state index contributed by atoms with van der Waals surface area (Å²) in [6.45, 7) is 0.858. The number of anilines is 2. The fraction of sp³-hybridized carbons (Fsp3) is 0.280. The molecule has 1 atom stereocenters. The molecule has 4 rings (SSSR count). The second-order valence-electron chi connectivity index (χ2n) is 8.35. The van der Waals surface area contributed by atoms with Gasteiger partial charge in [-0.1, -0.05) is 29.8 Å². The molecular formula is C25H20ClF3N6. The highest BCUT2D eigenvalue weighted by molar-refractivity contribution is 6.33. The summed E-state index contributed by atoms with van der Waals surface area (Å²) in [7, 11) is 0. The van der Waals surface area contributed by atoms with Crippen LogP contribution in [0.2, 0.25) is 5.02 Å². The van der Waals surface area contributed by atoms with E-state index in [0.29, 0.717) is 37.2 Å². The van der Waals surface area contributed by atoms with Crippen LogP contribution in [0.4, 0.5) is 24.8 Å². The third-order valence-electron chi connectivity index (χ3n) is 5.99. The number of piperidine rings is 1. The van der Waals surface area contributed by atoms with Crippen LogP contribution in [-0.2, 0) is 12.6 Å². The molecule has 1 unspecified atom stereocenters. The zero-order valence-electron chi connectivity index (χ0n) is 18.5. The van der Waals surface area contributed by atoms with Gasteiger partial charge in [-0.3, -0.25) is 0 Å². The molecule has 0 aliphatic carbocycles. The van der Waals surface area contributed by atoms with Crippen molar-refractivity contribution in [3.63, 3.8) is 0 Å². The quantitative estimate of drug-likeness (QED) is 0.504. The van der Waals surface area contributed by atoms with Crippen molar-refractivity contribution in [2.24, 2.45) is 5.92 Å². The van der Waals surface area contributed by atoms with Gasteiger partial charge in [-0.05, 0) is 49.4 Å². The highest BCUT2D eigenvalue weighted by Gasteiger charge is 2.37. The van der Waals surface area contributed by atoms with E-state index in [-0.39, 0.29) is 33.8 Å². The minimum absolute atomic E-state index is 0.00533. The molecule has 0 amide bonds. The first-order chi connectivity index (χ1) is 16.7. The molecular weight excluding hydrogens is 477 g/mol. The second-order valence-corrected chi connectivity index (χ2v) is 8.76. The summed E-state index contributed by atoms with van der Waals surface area (Å²) in [5.41, 5.74) is 5.68. The van der Waals surface area contributed by atoms with Crippen molar-refractivity contribution in [1.29, 1.82) is 10.5 Å². The molecule has 2 aromatic heterocycles. The van der Waals surface area contributed by atoms with Gasteiger partial charge in [0.05, 0.1) is 16.8 Å². The summed E-state index contributed by atoms with van der Waals surface area (Å²) in [4.78, 5) is 10.5. The fourth-order valence-electron chi connectivity index (χ4n) is 4.35. The molecule has 2 N–H and O–H groups in total. The zero-order valence-corrected chi connectivity index (χ0v) is 19.2. The Morgan fingerprint density at radius 2 is 1.89 bits per heavy atom. The first-order valence-electron chi connectivity index (χ1n) is 10.9. The molecule has 6 nitrogen and oxygen atoms in total. The number of nitrogen functional groups attached to an aromatic ring is 1. The van der Waals surface area contributed by atoms with Crippen LogP contribution in [0.15, 0.2) is 42.5 Å². The van der Waals surface area contributed by atoms with Gasteiger partial charge >= 0.3 is 6.18 Å². The summed E-state index contributed by atoms with van der Waals surface area (Å²) >= 11 is 6.25. The molecule has 1 fully saturated rings. The van der Waals surface area contributed by atoms with Crippen LogP contribution < -0.4 is 10.6 Å². The van der Waals surface area contributed by atoms with Gasteiger partial charge in [0, 0.05) is 29.4 Å². The minimum atomic E-state index is -4.74. The molecule has 0 radical (unpaired) electrons. The predicted molar refractivity (Wildman–Crippen MR) is 126 cm³/mol. The van der Waals surface area contributed by atoms with E-state index in [2.05, 4.69) is 9.97 Å². The Bertz CT molecular complexity index is 1340. The van der Waals surface area contributed by atoms with Crippen LogP contribution in [0.5, 0.6) is 0 Å². The Hall–Kier alpha value is -3.82. The minimum Gasteiger partial charge on any atom is -0.383 e. The standard InChI is InChI=1S/C25H20ClF3N6/c26-21-6-2-1-5-18(21)22-11-20(25(27,28)29)19(13-31)24(34-22)35-9-3-4-15(14-35)10-17-8-7-16(12-30)23(32)33-17/h1-2,5-8,11,15H,3-4,9-10,14H2,(H2,32,33). The van der Waals surface area contributed by atoms with E-state index < -0.39 is 17.3 Å². The molecule has 3 aromatic rings. The molecule has 35 heavy (non-hydrogen) atoms. The smallest absolute Gasteiger partial charge is 0.383 e. The van der Waals surface area contributed by atoms with E-state index in [1.54, 1.807) is 47.4 Å². The van der Waals surface area contributed by atoms with E-state index in [0.717, 1.165) is 12.5 Å². The summed E-state index contributed by atoms with van der Waals surface area (Å²) in [5.74, 6) is 0.192. The van der Waals surface area contributed by atoms with Crippen molar-refractivity contribution in [2.75, 3.05) is 23.7 Å². The van der Waals surface area contributed by atoms with Gasteiger partial charge in [0.1, 0.15) is 29.3 Å². The molecule has 1 saturated heterocycles. The molecule has 0 saturated carbocycles. The maximum absolute atomic E-state index is 14.0. The van der Waals surface area contributed by atoms with Crippen LogP contribution >= 0.6 is 11.6 Å². The molecule has 1 aromatic carbocycles. The van der Waals surface area contributed by atoms with Crippen LogP contribution in [0.25, 0.3) is 11.3 Å². The Kier molecular flexibility index (Phi) is 6.81. The summed E-state index contributed by atoms with van der Waals surface area (Å²) in [6.07, 6.45) is -2.67. The number of nitrogens with two attached hydrogens (primary N) is 1. The van der Waals surface area contributed by atoms with Gasteiger partial charge in [-0.2, -0.15) is 23.7 Å². The van der Waals surface area contributed by atoms with E-state index in [1.807, 2.05) is 6.07 Å². The largest absolute Gasteiger partial charge is 0.417 e. The molecule has 0 bridgehead atoms. The van der Waals surface area contributed by atoms with Crippen molar-refractivity contribution >= 4 is 23.2 Å². The number of aromatic nitrogens is 2. The molecule has 178 valence electrons. The highest BCUT2D eigenvalue weighted by Crippen LogP contribution is 2.40. The predicted octanol–water partition coefficient (Wildman–Crippen LogP) is 5.60. The van der Waals surface area contributed by atoms with E-state index in [1.165, 1.54) is 0 Å². The summed E-state index contributed by atoms with van der Waals surface area (Å²) in [5, 5.41) is 19.0. The van der Waals surface area contributed by atoms with Crippen LogP contribution in [0.3, 0.4) is 0 Å². The van der Waals surface area contributed by atoms with Gasteiger partial charge in [-0.25, -0.2) is 9.97 Å². The SMILES string of the molecule is N#Cc1ccc(CC2CCCN(c3nc(-c4ccccc4Cl)cc(C(F)(F)F)c3C#N)C2)nc1N. The van der Waals surface area contributed by atoms with Gasteiger partial charge in [-0.15, -0.1) is 0 Å². The fourth-order valence-corrected chi connectivity index (χ4v) is 4.58. The number of pyridine rings is 2. The Labute approximate surface area is 205 Å². The third kappa shape index (κ3) is 5.16. The second kappa shape index (κ2) is 9.81. The Balaban J connectivity index is 1.72. The monoisotopic (exact) mass is 496 g/mol. The number of rotatable bonds is 4. The number of benzene rings is 1. The lowest BCUT2D eigenvalue weighted by Crippen LogP contribution is -2.37. The van der Waals surface area contributed by atoms with E-state index in [9.17, 15) is 18.4 Å². The Morgan fingerprint density at radius 1 is 1.11 bits per heavy atom. The van der Waals surface area contributed by atoms with Crippen molar-refractivity contribution < 1.29 is 13.2 Å². The maximum atomic E-state index is 14.0. The summed E-state index contributed by atoms with van der Waals surface area (Å²) < 4.78 is 41.9. The zero-order chi connectivity index (χ0) is 25.2. The van der Waals surface area contributed by atoms with Crippen LogP contribution in [0, 0.1) is 28.6 Å². The van der Waals surface area contributed by atoms with E-state index >= 15 is 0 Å². The molecule has 0 spiro atoms. The average Bonchev–Trinajstić information content (AvgIpc) is 2.83. The lowest BCUT2D eigenvalue weighted by atomic mass is 9.92. The number of alkyl halides is 3. The Morgan fingerprint density at radius 3 is 2.54 bits per heavy atom. The topological polar surface area (TPSA) is 103 Å². The van der Waals surface area contributed by atoms with Crippen molar-refractivity contribution in [3.05, 3.63) is 69.9 Å². The van der Waals surface area contributed by atoms with Crippen molar-refractivity contribution in [2.45, 2.75) is 25.4 Å². The summed E-state index contributed by atoms with van der Waals surface area (Å²) in [6, 6.07) is 14.4. The normalized spacial score (nSPS) is 15.9. The number of nitrogens with zero attached hydrogens (tertiary/aromatic N) is 5. The lowest BCUT2D eigenvalue weighted by molar-refractivity contribution is -0.137. The molecule has 1 aliphatic rings. The van der Waals surface area contributed by atoms with Gasteiger partial charge in [0.25, 0.3) is 0 Å². The number of nitriles is 2. The maximum Gasteiger partial charge on any atom is 0.417 e. The van der Waals surface area contributed by atoms with Crippen molar-refractivity contribution in [3.8, 4) is 23.4 Å². The molecule has 10 heteroatoms.